The second-order valence-electron chi connectivity index (χ2n) is 5.34. The topological polar surface area (TPSA) is 69.9 Å². The van der Waals surface area contributed by atoms with Crippen LogP contribution in [0.4, 0.5) is 0 Å². The average molecular weight is 322 g/mol. The molecule has 0 saturated carbocycles. The van der Waals surface area contributed by atoms with E-state index in [4.69, 9.17) is 4.74 Å². The zero-order chi connectivity index (χ0) is 16.9. The summed E-state index contributed by atoms with van der Waals surface area (Å²) in [7, 11) is 0. The van der Waals surface area contributed by atoms with Crippen LogP contribution in [0.3, 0.4) is 0 Å². The van der Waals surface area contributed by atoms with Crippen LogP contribution in [0.2, 0.25) is 0 Å². The van der Waals surface area contributed by atoms with Gasteiger partial charge in [0, 0.05) is 11.1 Å². The molecule has 2 aromatic carbocycles. The molecule has 0 atom stereocenters. The van der Waals surface area contributed by atoms with Gasteiger partial charge in [0.05, 0.1) is 6.61 Å². The van der Waals surface area contributed by atoms with Gasteiger partial charge < -0.3 is 4.74 Å². The van der Waals surface area contributed by atoms with Crippen LogP contribution in [0, 0.1) is 6.92 Å². The molecular formula is C18H18N4O2. The molecule has 0 spiro atoms. The van der Waals surface area contributed by atoms with E-state index in [0.29, 0.717) is 18.0 Å². The average Bonchev–Trinajstić information content (AvgIpc) is 3.04. The molecule has 0 radical (unpaired) electrons. The molecule has 0 N–H and O–H groups in total. The number of ether oxygens (including phenoxy) is 1. The van der Waals surface area contributed by atoms with Crippen molar-refractivity contribution in [1.29, 1.82) is 0 Å². The van der Waals surface area contributed by atoms with E-state index in [9.17, 15) is 4.79 Å². The SMILES string of the molecule is CCOc1ccc(C(=O)Cn2nnc(-c3ccccc3C)n2)cc1. The number of carbonyl (C=O) groups excluding carboxylic acids is 1. The van der Waals surface area contributed by atoms with Crippen molar-refractivity contribution < 1.29 is 9.53 Å². The number of tetrazole rings is 1. The van der Waals surface area contributed by atoms with Crippen LogP contribution in [0.1, 0.15) is 22.8 Å². The predicted molar refractivity (Wildman–Crippen MR) is 89.9 cm³/mol. The first-order valence-electron chi connectivity index (χ1n) is 7.77. The highest BCUT2D eigenvalue weighted by Gasteiger charge is 2.12. The molecule has 0 bridgehead atoms. The lowest BCUT2D eigenvalue weighted by Gasteiger charge is -2.04. The van der Waals surface area contributed by atoms with Crippen LogP contribution >= 0.6 is 0 Å². The van der Waals surface area contributed by atoms with Crippen LogP contribution < -0.4 is 4.74 Å². The second kappa shape index (κ2) is 7.04. The van der Waals surface area contributed by atoms with Crippen molar-refractivity contribution in [1.82, 2.24) is 20.2 Å². The van der Waals surface area contributed by atoms with Crippen molar-refractivity contribution in [3.05, 3.63) is 59.7 Å². The van der Waals surface area contributed by atoms with E-state index in [-0.39, 0.29) is 12.3 Å². The number of rotatable bonds is 6. The molecule has 0 fully saturated rings. The molecule has 6 nitrogen and oxygen atoms in total. The quantitative estimate of drug-likeness (QED) is 0.653. The minimum atomic E-state index is -0.0771. The zero-order valence-electron chi connectivity index (χ0n) is 13.6. The van der Waals surface area contributed by atoms with Gasteiger partial charge in [0.25, 0.3) is 0 Å². The summed E-state index contributed by atoms with van der Waals surface area (Å²) in [6.07, 6.45) is 0. The maximum Gasteiger partial charge on any atom is 0.205 e. The Morgan fingerprint density at radius 3 is 2.58 bits per heavy atom. The Hall–Kier alpha value is -3.02. The maximum atomic E-state index is 12.3. The summed E-state index contributed by atoms with van der Waals surface area (Å²) in [5, 5.41) is 12.3. The molecule has 24 heavy (non-hydrogen) atoms. The van der Waals surface area contributed by atoms with Gasteiger partial charge in [0.15, 0.2) is 5.78 Å². The summed E-state index contributed by atoms with van der Waals surface area (Å²) in [4.78, 5) is 13.6. The summed E-state index contributed by atoms with van der Waals surface area (Å²) in [6.45, 7) is 4.55. The van der Waals surface area contributed by atoms with Gasteiger partial charge >= 0.3 is 0 Å². The molecule has 3 rings (SSSR count). The zero-order valence-corrected chi connectivity index (χ0v) is 13.6. The Balaban J connectivity index is 1.72. The van der Waals surface area contributed by atoms with Gasteiger partial charge in [-0.2, -0.15) is 4.80 Å². The van der Waals surface area contributed by atoms with Gasteiger partial charge in [-0.3, -0.25) is 4.79 Å². The monoisotopic (exact) mass is 322 g/mol. The highest BCUT2D eigenvalue weighted by Crippen LogP contribution is 2.18. The molecule has 0 aliphatic rings. The summed E-state index contributed by atoms with van der Waals surface area (Å²) >= 11 is 0. The van der Waals surface area contributed by atoms with Crippen LogP contribution in [-0.4, -0.2) is 32.6 Å². The summed E-state index contributed by atoms with van der Waals surface area (Å²) in [6, 6.07) is 14.9. The van der Waals surface area contributed by atoms with E-state index >= 15 is 0 Å². The van der Waals surface area contributed by atoms with Gasteiger partial charge in [0.2, 0.25) is 5.82 Å². The van der Waals surface area contributed by atoms with Crippen molar-refractivity contribution in [3.63, 3.8) is 0 Å². The lowest BCUT2D eigenvalue weighted by atomic mass is 10.1. The standard InChI is InChI=1S/C18H18N4O2/c1-3-24-15-10-8-14(9-11-15)17(23)12-22-20-18(19-21-22)16-7-5-4-6-13(16)2/h4-11H,3,12H2,1-2H3. The molecule has 1 aromatic heterocycles. The third-order valence-corrected chi connectivity index (χ3v) is 3.61. The van der Waals surface area contributed by atoms with Crippen molar-refractivity contribution in [2.45, 2.75) is 20.4 Å². The fourth-order valence-corrected chi connectivity index (χ4v) is 2.37. The minimum absolute atomic E-state index is 0.0485. The van der Waals surface area contributed by atoms with Crippen molar-refractivity contribution >= 4 is 5.78 Å². The van der Waals surface area contributed by atoms with Crippen molar-refractivity contribution in [2.75, 3.05) is 6.61 Å². The molecule has 0 unspecified atom stereocenters. The lowest BCUT2D eigenvalue weighted by molar-refractivity contribution is 0.0961. The molecule has 1 heterocycles. The first-order valence-corrected chi connectivity index (χ1v) is 7.77. The Labute approximate surface area is 140 Å². The first kappa shape index (κ1) is 15.9. The highest BCUT2D eigenvalue weighted by atomic mass is 16.5. The normalized spacial score (nSPS) is 10.6. The van der Waals surface area contributed by atoms with Crippen LogP contribution in [0.15, 0.2) is 48.5 Å². The lowest BCUT2D eigenvalue weighted by Crippen LogP contribution is -2.13. The van der Waals surface area contributed by atoms with E-state index in [0.717, 1.165) is 16.9 Å². The van der Waals surface area contributed by atoms with E-state index in [1.165, 1.54) is 4.80 Å². The third kappa shape index (κ3) is 3.48. The number of Topliss-reactive ketones (excluding diaryl/α,β-unsaturated/α-hetero) is 1. The van der Waals surface area contributed by atoms with Gasteiger partial charge in [0.1, 0.15) is 12.3 Å². The smallest absolute Gasteiger partial charge is 0.205 e. The summed E-state index contributed by atoms with van der Waals surface area (Å²) < 4.78 is 5.37. The van der Waals surface area contributed by atoms with Gasteiger partial charge in [-0.15, -0.1) is 10.2 Å². The Kier molecular flexibility index (Phi) is 4.65. The number of benzene rings is 2. The number of nitrogens with zero attached hydrogens (tertiary/aromatic N) is 4. The van der Waals surface area contributed by atoms with Gasteiger partial charge in [-0.1, -0.05) is 24.3 Å². The number of carbonyl (C=O) groups is 1. The van der Waals surface area contributed by atoms with Gasteiger partial charge in [-0.05, 0) is 48.9 Å². The number of hydrogen-bond donors (Lipinski definition) is 0. The van der Waals surface area contributed by atoms with E-state index in [1.54, 1.807) is 24.3 Å². The van der Waals surface area contributed by atoms with Crippen molar-refractivity contribution in [2.24, 2.45) is 0 Å². The molecule has 3 aromatic rings. The summed E-state index contributed by atoms with van der Waals surface area (Å²) in [5.41, 5.74) is 2.57. The molecule has 0 amide bonds. The predicted octanol–water partition coefficient (Wildman–Crippen LogP) is 2.93. The van der Waals surface area contributed by atoms with Crippen LogP contribution in [0.25, 0.3) is 11.4 Å². The number of hydrogen-bond acceptors (Lipinski definition) is 5. The second-order valence-corrected chi connectivity index (χ2v) is 5.34. The number of aromatic nitrogens is 4. The van der Waals surface area contributed by atoms with E-state index in [2.05, 4.69) is 15.4 Å². The van der Waals surface area contributed by atoms with E-state index < -0.39 is 0 Å². The molecule has 122 valence electrons. The highest BCUT2D eigenvalue weighted by molar-refractivity contribution is 5.95. The van der Waals surface area contributed by atoms with Crippen LogP contribution in [0.5, 0.6) is 5.75 Å². The minimum Gasteiger partial charge on any atom is -0.494 e. The fourth-order valence-electron chi connectivity index (χ4n) is 2.37. The van der Waals surface area contributed by atoms with Crippen LogP contribution in [-0.2, 0) is 6.54 Å². The number of ketones is 1. The Bertz CT molecular complexity index is 840. The first-order chi connectivity index (χ1) is 11.7. The molecule has 6 heteroatoms. The van der Waals surface area contributed by atoms with E-state index in [1.807, 2.05) is 38.1 Å². The number of aryl methyl sites for hydroxylation is 1. The Morgan fingerprint density at radius 1 is 1.12 bits per heavy atom. The molecule has 0 saturated heterocycles. The molecular weight excluding hydrogens is 304 g/mol. The maximum absolute atomic E-state index is 12.3. The molecule has 0 aliphatic heterocycles. The van der Waals surface area contributed by atoms with Crippen molar-refractivity contribution in [3.8, 4) is 17.1 Å². The fraction of sp³-hybridized carbons (Fsp3) is 0.222. The summed E-state index contributed by atoms with van der Waals surface area (Å²) in [5.74, 6) is 1.19. The van der Waals surface area contributed by atoms with Gasteiger partial charge in [-0.25, -0.2) is 0 Å². The Morgan fingerprint density at radius 2 is 1.88 bits per heavy atom. The third-order valence-electron chi connectivity index (χ3n) is 3.61. The molecule has 0 aliphatic carbocycles. The largest absolute Gasteiger partial charge is 0.494 e.